The molecule has 0 bridgehead atoms. The molecule has 1 saturated heterocycles. The predicted octanol–water partition coefficient (Wildman–Crippen LogP) is 2.71. The number of carbonyl (C=O) groups is 1. The average Bonchev–Trinajstić information content (AvgIpc) is 2.57. The molecule has 2 aromatic rings. The van der Waals surface area contributed by atoms with Crippen molar-refractivity contribution in [2.45, 2.75) is 13.5 Å². The van der Waals surface area contributed by atoms with E-state index in [1.54, 1.807) is 17.0 Å². The molecule has 1 aliphatic heterocycles. The van der Waals surface area contributed by atoms with Crippen molar-refractivity contribution in [2.24, 2.45) is 0 Å². The zero-order valence-electron chi connectivity index (χ0n) is 13.6. The number of hydrogen-bond donors (Lipinski definition) is 1. The second-order valence-electron chi connectivity index (χ2n) is 6.00. The lowest BCUT2D eigenvalue weighted by atomic mass is 10.1. The predicted molar refractivity (Wildman–Crippen MR) is 93.3 cm³/mol. The van der Waals surface area contributed by atoms with Crippen LogP contribution in [0.15, 0.2) is 36.5 Å². The molecular weight excluding hydrogens is 326 g/mol. The second-order valence-corrected chi connectivity index (χ2v) is 6.43. The minimum atomic E-state index is -0.155. The average molecular weight is 346 g/mol. The van der Waals surface area contributed by atoms with Crippen molar-refractivity contribution >= 4 is 17.5 Å². The van der Waals surface area contributed by atoms with E-state index < -0.39 is 0 Å². The molecule has 0 spiro atoms. The van der Waals surface area contributed by atoms with Gasteiger partial charge >= 0.3 is 0 Å². The van der Waals surface area contributed by atoms with Crippen LogP contribution in [0.2, 0.25) is 5.02 Å². The van der Waals surface area contributed by atoms with Gasteiger partial charge in [0.25, 0.3) is 5.91 Å². The molecule has 126 valence electrons. The molecule has 2 heterocycles. The van der Waals surface area contributed by atoms with Crippen LogP contribution in [0.25, 0.3) is 0 Å². The lowest BCUT2D eigenvalue weighted by Gasteiger charge is -2.34. The van der Waals surface area contributed by atoms with Gasteiger partial charge in [-0.3, -0.25) is 14.7 Å². The highest BCUT2D eigenvalue weighted by molar-refractivity contribution is 6.30. The summed E-state index contributed by atoms with van der Waals surface area (Å²) in [6, 6.07) is 8.59. The summed E-state index contributed by atoms with van der Waals surface area (Å²) in [5.74, 6) is -0.225. The number of phenols is 1. The number of amides is 1. The molecule has 0 radical (unpaired) electrons. The number of nitrogens with zero attached hydrogens (tertiary/aromatic N) is 3. The molecule has 1 aromatic heterocycles. The highest BCUT2D eigenvalue weighted by atomic mass is 35.5. The molecule has 24 heavy (non-hydrogen) atoms. The molecule has 1 amide bonds. The van der Waals surface area contributed by atoms with Crippen LogP contribution in [-0.2, 0) is 6.54 Å². The van der Waals surface area contributed by atoms with Gasteiger partial charge in [0.2, 0.25) is 0 Å². The Bertz CT molecular complexity index is 743. The van der Waals surface area contributed by atoms with Crippen LogP contribution >= 0.6 is 11.6 Å². The van der Waals surface area contributed by atoms with E-state index in [1.807, 2.05) is 12.3 Å². The maximum Gasteiger partial charge on any atom is 0.257 e. The van der Waals surface area contributed by atoms with Crippen molar-refractivity contribution in [1.82, 2.24) is 14.8 Å². The Morgan fingerprint density at radius 2 is 2.00 bits per heavy atom. The first-order chi connectivity index (χ1) is 11.5. The third-order valence-corrected chi connectivity index (χ3v) is 4.58. The van der Waals surface area contributed by atoms with E-state index in [9.17, 15) is 9.90 Å². The Kier molecular flexibility index (Phi) is 5.02. The zero-order chi connectivity index (χ0) is 17.1. The molecule has 1 aromatic carbocycles. The Balaban J connectivity index is 1.60. The van der Waals surface area contributed by atoms with E-state index in [1.165, 1.54) is 11.6 Å². The highest BCUT2D eigenvalue weighted by Gasteiger charge is 2.24. The number of aromatic hydroxyl groups is 1. The number of benzene rings is 1. The zero-order valence-corrected chi connectivity index (χ0v) is 14.3. The van der Waals surface area contributed by atoms with Gasteiger partial charge in [-0.25, -0.2) is 0 Å². The van der Waals surface area contributed by atoms with Gasteiger partial charge in [-0.15, -0.1) is 0 Å². The van der Waals surface area contributed by atoms with E-state index in [2.05, 4.69) is 22.9 Å². The summed E-state index contributed by atoms with van der Waals surface area (Å²) in [6.07, 6.45) is 1.81. The first-order valence-electron chi connectivity index (χ1n) is 7.95. The van der Waals surface area contributed by atoms with E-state index in [-0.39, 0.29) is 11.7 Å². The van der Waals surface area contributed by atoms with Crippen LogP contribution in [0.5, 0.6) is 5.75 Å². The SMILES string of the molecule is Cc1cccnc1CN1CCN(C(=O)c2ccc(Cl)cc2O)CC1. The van der Waals surface area contributed by atoms with Gasteiger partial charge < -0.3 is 10.0 Å². The topological polar surface area (TPSA) is 56.7 Å². The van der Waals surface area contributed by atoms with Crippen LogP contribution in [0, 0.1) is 6.92 Å². The number of phenolic OH excluding ortho intramolecular Hbond substituents is 1. The van der Waals surface area contributed by atoms with Crippen molar-refractivity contribution in [1.29, 1.82) is 0 Å². The van der Waals surface area contributed by atoms with E-state index in [0.29, 0.717) is 23.7 Å². The fourth-order valence-electron chi connectivity index (χ4n) is 2.86. The van der Waals surface area contributed by atoms with E-state index in [4.69, 9.17) is 11.6 Å². The van der Waals surface area contributed by atoms with Crippen molar-refractivity contribution in [3.8, 4) is 5.75 Å². The summed E-state index contributed by atoms with van der Waals surface area (Å²) < 4.78 is 0. The number of aryl methyl sites for hydroxylation is 1. The molecule has 0 atom stereocenters. The summed E-state index contributed by atoms with van der Waals surface area (Å²) in [5, 5.41) is 10.3. The summed E-state index contributed by atoms with van der Waals surface area (Å²) in [6.45, 7) is 5.69. The van der Waals surface area contributed by atoms with Gasteiger partial charge in [0.15, 0.2) is 0 Å². The second kappa shape index (κ2) is 7.20. The van der Waals surface area contributed by atoms with Gasteiger partial charge in [-0.2, -0.15) is 0 Å². The van der Waals surface area contributed by atoms with Crippen LogP contribution in [0.3, 0.4) is 0 Å². The van der Waals surface area contributed by atoms with Gasteiger partial charge in [-0.05, 0) is 36.8 Å². The van der Waals surface area contributed by atoms with E-state index >= 15 is 0 Å². The van der Waals surface area contributed by atoms with Gasteiger partial charge in [0.05, 0.1) is 11.3 Å². The maximum absolute atomic E-state index is 12.5. The number of carbonyl (C=O) groups excluding carboxylic acids is 1. The number of pyridine rings is 1. The van der Waals surface area contributed by atoms with Gasteiger partial charge in [0, 0.05) is 43.9 Å². The highest BCUT2D eigenvalue weighted by Crippen LogP contribution is 2.23. The van der Waals surface area contributed by atoms with Crippen molar-refractivity contribution in [3.05, 3.63) is 58.4 Å². The third-order valence-electron chi connectivity index (χ3n) is 4.34. The minimum absolute atomic E-state index is 0.0703. The molecule has 6 heteroatoms. The summed E-state index contributed by atoms with van der Waals surface area (Å²) in [5.41, 5.74) is 2.56. The fourth-order valence-corrected chi connectivity index (χ4v) is 3.03. The largest absolute Gasteiger partial charge is 0.507 e. The lowest BCUT2D eigenvalue weighted by molar-refractivity contribution is 0.0624. The number of halogens is 1. The molecule has 0 aliphatic carbocycles. The molecule has 1 aliphatic rings. The van der Waals surface area contributed by atoms with Crippen LogP contribution in [0.1, 0.15) is 21.6 Å². The minimum Gasteiger partial charge on any atom is -0.507 e. The number of piperazine rings is 1. The van der Waals surface area contributed by atoms with E-state index in [0.717, 1.165) is 25.3 Å². The van der Waals surface area contributed by atoms with Crippen LogP contribution in [-0.4, -0.2) is 52.0 Å². The Morgan fingerprint density at radius 1 is 1.25 bits per heavy atom. The van der Waals surface area contributed by atoms with Crippen LogP contribution < -0.4 is 0 Å². The monoisotopic (exact) mass is 345 g/mol. The Morgan fingerprint density at radius 3 is 2.67 bits per heavy atom. The van der Waals surface area contributed by atoms with Crippen molar-refractivity contribution < 1.29 is 9.90 Å². The molecule has 0 unspecified atom stereocenters. The number of hydrogen-bond acceptors (Lipinski definition) is 4. The molecule has 5 nitrogen and oxygen atoms in total. The maximum atomic E-state index is 12.5. The molecule has 1 fully saturated rings. The number of aromatic nitrogens is 1. The summed E-state index contributed by atoms with van der Waals surface area (Å²) >= 11 is 5.82. The molecule has 3 rings (SSSR count). The van der Waals surface area contributed by atoms with Crippen molar-refractivity contribution in [3.63, 3.8) is 0 Å². The van der Waals surface area contributed by atoms with Gasteiger partial charge in [0.1, 0.15) is 5.75 Å². The summed E-state index contributed by atoms with van der Waals surface area (Å²) in [7, 11) is 0. The van der Waals surface area contributed by atoms with Gasteiger partial charge in [-0.1, -0.05) is 17.7 Å². The first kappa shape index (κ1) is 16.7. The smallest absolute Gasteiger partial charge is 0.257 e. The van der Waals surface area contributed by atoms with Crippen LogP contribution in [0.4, 0.5) is 0 Å². The number of rotatable bonds is 3. The van der Waals surface area contributed by atoms with Crippen molar-refractivity contribution in [2.75, 3.05) is 26.2 Å². The Hall–Kier alpha value is -2.11. The summed E-state index contributed by atoms with van der Waals surface area (Å²) in [4.78, 5) is 21.0. The molecule has 0 saturated carbocycles. The molecule has 1 N–H and O–H groups in total. The normalized spacial score (nSPS) is 15.5. The standard InChI is InChI=1S/C18H20ClN3O2/c1-13-3-2-6-20-16(13)12-21-7-9-22(10-8-21)18(24)15-5-4-14(19)11-17(15)23/h2-6,11,23H,7-10,12H2,1H3. The lowest BCUT2D eigenvalue weighted by Crippen LogP contribution is -2.48. The molecular formula is C18H20ClN3O2. The first-order valence-corrected chi connectivity index (χ1v) is 8.33. The fraction of sp³-hybridized carbons (Fsp3) is 0.333. The third kappa shape index (κ3) is 3.68. The quantitative estimate of drug-likeness (QED) is 0.929. The Labute approximate surface area is 146 Å².